The van der Waals surface area contributed by atoms with E-state index in [2.05, 4.69) is 15.9 Å². The van der Waals surface area contributed by atoms with Crippen molar-refractivity contribution in [3.05, 3.63) is 63.6 Å². The number of carbonyl (C=O) groups is 4. The molecule has 0 aromatic heterocycles. The van der Waals surface area contributed by atoms with E-state index in [1.54, 1.807) is 0 Å². The van der Waals surface area contributed by atoms with Gasteiger partial charge in [-0.15, -0.1) is 0 Å². The Bertz CT molecular complexity index is 1200. The topological polar surface area (TPSA) is 96.0 Å². The first-order valence-corrected chi connectivity index (χ1v) is 12.2. The molecule has 1 saturated heterocycles. The molecule has 2 aromatic carbocycles. The van der Waals surface area contributed by atoms with Crippen LogP contribution in [-0.4, -0.2) is 41.2 Å². The molecule has 0 amide bonds. The van der Waals surface area contributed by atoms with E-state index in [1.165, 1.54) is 42.5 Å². The lowest BCUT2D eigenvalue weighted by Gasteiger charge is -2.26. The largest absolute Gasteiger partial charge is 0.461 e. The summed E-state index contributed by atoms with van der Waals surface area (Å²) in [5, 5.41) is 0.555. The highest BCUT2D eigenvalue weighted by atomic mass is 79.9. The van der Waals surface area contributed by atoms with E-state index < -0.39 is 36.2 Å². The van der Waals surface area contributed by atoms with Gasteiger partial charge < -0.3 is 14.2 Å². The lowest BCUT2D eigenvalue weighted by molar-refractivity contribution is -0.154. The SMILES string of the molecule is O=C(COC(=O)[C@@H]1[C@H]2C[C@H]3[C@H](OC(=O)[C@H]31)[C@H]2Br)c1ccc(OC(=O)c2ccc(Cl)cc2Cl)cc1. The minimum Gasteiger partial charge on any atom is -0.461 e. The molecule has 7 nitrogen and oxygen atoms in total. The highest BCUT2D eigenvalue weighted by Crippen LogP contribution is 2.60. The van der Waals surface area contributed by atoms with Gasteiger partial charge in [-0.25, -0.2) is 4.79 Å². The van der Waals surface area contributed by atoms with Gasteiger partial charge in [0.2, 0.25) is 0 Å². The van der Waals surface area contributed by atoms with Crippen molar-refractivity contribution in [1.29, 1.82) is 0 Å². The minimum absolute atomic E-state index is 0.0214. The molecule has 3 aliphatic rings. The summed E-state index contributed by atoms with van der Waals surface area (Å²) in [6, 6.07) is 10.3. The molecular weight excluding hydrogens is 551 g/mol. The Hall–Kier alpha value is -2.42. The second kappa shape index (κ2) is 8.98. The summed E-state index contributed by atoms with van der Waals surface area (Å²) in [6.07, 6.45) is 0.545. The fraction of sp³-hybridized carbons (Fsp3) is 0.333. The molecule has 5 rings (SSSR count). The Labute approximate surface area is 212 Å². The Morgan fingerprint density at radius 3 is 2.50 bits per heavy atom. The predicted octanol–water partition coefficient (Wildman–Crippen LogP) is 4.51. The zero-order chi connectivity index (χ0) is 24.1. The van der Waals surface area contributed by atoms with Gasteiger partial charge in [0.25, 0.3) is 0 Å². The maximum Gasteiger partial charge on any atom is 0.345 e. The summed E-state index contributed by atoms with van der Waals surface area (Å²) >= 11 is 15.4. The molecule has 10 heteroatoms. The number of esters is 3. The minimum atomic E-state index is -0.668. The number of alkyl halides is 1. The summed E-state index contributed by atoms with van der Waals surface area (Å²) in [5.74, 6) is -2.91. The van der Waals surface area contributed by atoms with Crippen LogP contribution < -0.4 is 4.74 Å². The smallest absolute Gasteiger partial charge is 0.345 e. The number of carbonyl (C=O) groups excluding carboxylic acids is 4. The molecule has 6 atom stereocenters. The van der Waals surface area contributed by atoms with Gasteiger partial charge in [0.15, 0.2) is 12.4 Å². The number of ether oxygens (including phenoxy) is 3. The van der Waals surface area contributed by atoms with Crippen molar-refractivity contribution in [2.45, 2.75) is 17.4 Å². The van der Waals surface area contributed by atoms with Crippen LogP contribution in [0.4, 0.5) is 0 Å². The normalized spacial score (nSPS) is 28.5. The maximum absolute atomic E-state index is 12.7. The van der Waals surface area contributed by atoms with Gasteiger partial charge in [0.05, 0.1) is 27.2 Å². The quantitative estimate of drug-likeness (QED) is 0.219. The second-order valence-corrected chi connectivity index (χ2v) is 10.4. The summed E-state index contributed by atoms with van der Waals surface area (Å²) in [5.41, 5.74) is 0.436. The van der Waals surface area contributed by atoms with Crippen molar-refractivity contribution in [1.82, 2.24) is 0 Å². The summed E-state index contributed by atoms with van der Waals surface area (Å²) < 4.78 is 16.0. The number of halogens is 3. The highest BCUT2D eigenvalue weighted by molar-refractivity contribution is 9.09. The monoisotopic (exact) mass is 566 g/mol. The third-order valence-electron chi connectivity index (χ3n) is 6.68. The van der Waals surface area contributed by atoms with Gasteiger partial charge in [0, 0.05) is 16.5 Å². The molecule has 176 valence electrons. The average molecular weight is 568 g/mol. The Morgan fingerprint density at radius 1 is 1.06 bits per heavy atom. The van der Waals surface area contributed by atoms with Crippen molar-refractivity contribution < 1.29 is 33.4 Å². The molecule has 2 bridgehead atoms. The van der Waals surface area contributed by atoms with Crippen molar-refractivity contribution in [2.75, 3.05) is 6.61 Å². The fourth-order valence-electron chi connectivity index (χ4n) is 5.14. The molecule has 0 N–H and O–H groups in total. The van der Waals surface area contributed by atoms with Crippen LogP contribution in [0.5, 0.6) is 5.75 Å². The number of hydrogen-bond acceptors (Lipinski definition) is 7. The van der Waals surface area contributed by atoms with Crippen LogP contribution in [0.3, 0.4) is 0 Å². The zero-order valence-corrected chi connectivity index (χ0v) is 20.5. The maximum atomic E-state index is 12.7. The molecule has 0 radical (unpaired) electrons. The average Bonchev–Trinajstić information content (AvgIpc) is 3.42. The standard InChI is InChI=1S/C24H17BrCl2O7/c25-20-14-8-15-19(24(31)34-21(15)20)18(14)23(30)32-9-17(28)10-1-4-12(5-2-10)33-22(29)13-6-3-11(26)7-16(13)27/h1-7,14-15,18-21H,8-9H2/t14-,15-,18-,19-,20+,21+/m1/s1. The van der Waals surface area contributed by atoms with E-state index in [4.69, 9.17) is 37.4 Å². The first-order valence-electron chi connectivity index (χ1n) is 10.6. The van der Waals surface area contributed by atoms with Gasteiger partial charge in [-0.2, -0.15) is 0 Å². The number of fused-ring (bicyclic) bond motifs is 1. The first-order chi connectivity index (χ1) is 16.2. The predicted molar refractivity (Wildman–Crippen MR) is 124 cm³/mol. The van der Waals surface area contributed by atoms with E-state index in [1.807, 2.05) is 0 Å². The lowest BCUT2D eigenvalue weighted by atomic mass is 9.80. The van der Waals surface area contributed by atoms with Crippen molar-refractivity contribution in [3.8, 4) is 5.75 Å². The van der Waals surface area contributed by atoms with Gasteiger partial charge in [0.1, 0.15) is 11.9 Å². The van der Waals surface area contributed by atoms with Gasteiger partial charge >= 0.3 is 17.9 Å². The fourth-order valence-corrected chi connectivity index (χ4v) is 6.67. The van der Waals surface area contributed by atoms with E-state index in [0.29, 0.717) is 5.02 Å². The molecule has 1 aliphatic heterocycles. The van der Waals surface area contributed by atoms with Crippen molar-refractivity contribution in [2.24, 2.45) is 23.7 Å². The highest BCUT2D eigenvalue weighted by Gasteiger charge is 2.68. The third-order valence-corrected chi connectivity index (χ3v) is 8.43. The number of rotatable bonds is 6. The van der Waals surface area contributed by atoms with Crippen LogP contribution in [0, 0.1) is 23.7 Å². The van der Waals surface area contributed by atoms with E-state index in [-0.39, 0.29) is 50.6 Å². The second-order valence-electron chi connectivity index (χ2n) is 8.53. The van der Waals surface area contributed by atoms with E-state index >= 15 is 0 Å². The van der Waals surface area contributed by atoms with Crippen LogP contribution in [0.1, 0.15) is 27.1 Å². The van der Waals surface area contributed by atoms with Crippen LogP contribution in [0.25, 0.3) is 0 Å². The van der Waals surface area contributed by atoms with Crippen molar-refractivity contribution >= 4 is 62.8 Å². The van der Waals surface area contributed by atoms with Gasteiger partial charge in [-0.1, -0.05) is 39.1 Å². The molecule has 0 unspecified atom stereocenters. The van der Waals surface area contributed by atoms with Gasteiger partial charge in [-0.3, -0.25) is 14.4 Å². The first kappa shape index (κ1) is 23.3. The number of Topliss-reactive ketones (excluding diaryl/α,β-unsaturated/α-hetero) is 1. The van der Waals surface area contributed by atoms with Crippen molar-refractivity contribution in [3.63, 3.8) is 0 Å². The summed E-state index contributed by atoms with van der Waals surface area (Å²) in [7, 11) is 0. The van der Waals surface area contributed by atoms with Gasteiger partial charge in [-0.05, 0) is 54.8 Å². The van der Waals surface area contributed by atoms with Crippen LogP contribution in [0.2, 0.25) is 10.0 Å². The zero-order valence-electron chi connectivity index (χ0n) is 17.4. The van der Waals surface area contributed by atoms with Crippen LogP contribution in [-0.2, 0) is 19.1 Å². The van der Waals surface area contributed by atoms with Crippen LogP contribution in [0.15, 0.2) is 42.5 Å². The molecule has 3 fully saturated rings. The molecule has 2 aromatic rings. The summed E-state index contributed by atoms with van der Waals surface area (Å²) in [6.45, 7) is -0.454. The number of benzene rings is 2. The lowest BCUT2D eigenvalue weighted by Crippen LogP contribution is -2.39. The van der Waals surface area contributed by atoms with E-state index in [9.17, 15) is 19.2 Å². The third kappa shape index (κ3) is 4.01. The Kier molecular flexibility index (Phi) is 6.16. The number of ketones is 1. The summed E-state index contributed by atoms with van der Waals surface area (Å²) in [4.78, 5) is 49.7. The number of hydrogen-bond donors (Lipinski definition) is 0. The van der Waals surface area contributed by atoms with E-state index in [0.717, 1.165) is 6.42 Å². The molecule has 2 aliphatic carbocycles. The molecule has 34 heavy (non-hydrogen) atoms. The van der Waals surface area contributed by atoms with Crippen LogP contribution >= 0.6 is 39.1 Å². The Morgan fingerprint density at radius 2 is 1.79 bits per heavy atom. The molecular formula is C24H17BrCl2O7. The Balaban J connectivity index is 1.18. The molecule has 1 heterocycles. The molecule has 2 saturated carbocycles. The molecule has 0 spiro atoms.